The third-order valence-corrected chi connectivity index (χ3v) is 4.72. The van der Waals surface area contributed by atoms with Gasteiger partial charge in [0.25, 0.3) is 0 Å². The minimum atomic E-state index is -0.595. The number of pyridine rings is 1. The van der Waals surface area contributed by atoms with E-state index < -0.39 is 17.6 Å². The Morgan fingerprint density at radius 2 is 1.91 bits per heavy atom. The van der Waals surface area contributed by atoms with Gasteiger partial charge in [0.05, 0.1) is 24.7 Å². The largest absolute Gasteiger partial charge is 0.465 e. The molecule has 0 aliphatic rings. The van der Waals surface area contributed by atoms with Crippen LogP contribution in [0.1, 0.15) is 12.5 Å². The van der Waals surface area contributed by atoms with E-state index in [1.165, 1.54) is 16.8 Å². The number of fused-ring (bicyclic) bond motifs is 1. The van der Waals surface area contributed by atoms with Crippen LogP contribution in [-0.4, -0.2) is 43.9 Å². The van der Waals surface area contributed by atoms with E-state index in [9.17, 15) is 13.6 Å². The highest BCUT2D eigenvalue weighted by Crippen LogP contribution is 2.30. The summed E-state index contributed by atoms with van der Waals surface area (Å²) in [5.41, 5.74) is 13.1. The molecule has 0 saturated heterocycles. The summed E-state index contributed by atoms with van der Waals surface area (Å²) in [5, 5.41) is 7.49. The topological polar surface area (TPSA) is 147 Å². The second-order valence-corrected chi connectivity index (χ2v) is 6.97. The van der Waals surface area contributed by atoms with Crippen molar-refractivity contribution in [3.63, 3.8) is 0 Å². The monoisotopic (exact) mass is 454 g/mol. The lowest BCUT2D eigenvalue weighted by Gasteiger charge is -2.11. The SMILES string of the molecule is CCOC(=O)CNc1c(N)nc(-c2nn(Cc3ccccc3F)c3ncc(F)cc23)nc1N. The Morgan fingerprint density at radius 3 is 2.61 bits per heavy atom. The van der Waals surface area contributed by atoms with E-state index in [1.807, 2.05) is 0 Å². The van der Waals surface area contributed by atoms with Crippen LogP contribution in [-0.2, 0) is 16.1 Å². The highest BCUT2D eigenvalue weighted by molar-refractivity contribution is 5.91. The Kier molecular flexibility index (Phi) is 5.98. The lowest BCUT2D eigenvalue weighted by atomic mass is 10.2. The molecule has 0 atom stereocenters. The summed E-state index contributed by atoms with van der Waals surface area (Å²) in [6.45, 7) is 1.78. The first kappa shape index (κ1) is 21.9. The van der Waals surface area contributed by atoms with Crippen molar-refractivity contribution in [2.75, 3.05) is 29.9 Å². The van der Waals surface area contributed by atoms with E-state index in [-0.39, 0.29) is 48.5 Å². The lowest BCUT2D eigenvalue weighted by Crippen LogP contribution is -2.19. The second kappa shape index (κ2) is 9.02. The number of nitrogens with two attached hydrogens (primary N) is 2. The van der Waals surface area contributed by atoms with Crippen LogP contribution in [0.4, 0.5) is 26.1 Å². The molecule has 0 amide bonds. The summed E-state index contributed by atoms with van der Waals surface area (Å²) in [4.78, 5) is 24.1. The molecule has 0 bridgehead atoms. The van der Waals surface area contributed by atoms with Crippen LogP contribution in [0.5, 0.6) is 0 Å². The number of anilines is 3. The van der Waals surface area contributed by atoms with E-state index in [4.69, 9.17) is 16.2 Å². The molecule has 0 saturated carbocycles. The standard InChI is InChI=1S/C21H20F2N8O2/c1-2-33-15(32)9-26-17-18(24)28-20(29-19(17)25)16-13-7-12(22)8-27-21(13)31(30-16)10-11-5-3-4-6-14(11)23/h3-8,26H,2,9-10H2,1H3,(H4,24,25,28,29). The van der Waals surface area contributed by atoms with Gasteiger partial charge in [0.1, 0.15) is 29.6 Å². The maximum Gasteiger partial charge on any atom is 0.325 e. The molecule has 0 aliphatic carbocycles. The number of ether oxygens (including phenoxy) is 1. The smallest absolute Gasteiger partial charge is 0.325 e. The zero-order chi connectivity index (χ0) is 23.5. The molecule has 5 N–H and O–H groups in total. The van der Waals surface area contributed by atoms with Gasteiger partial charge >= 0.3 is 5.97 Å². The Labute approximate surface area is 186 Å². The van der Waals surface area contributed by atoms with E-state index in [0.717, 1.165) is 6.20 Å². The van der Waals surface area contributed by atoms with Gasteiger partial charge in [0, 0.05) is 5.56 Å². The van der Waals surface area contributed by atoms with Crippen molar-refractivity contribution in [1.29, 1.82) is 0 Å². The number of nitrogens with one attached hydrogen (secondary N) is 1. The van der Waals surface area contributed by atoms with Crippen molar-refractivity contribution < 1.29 is 18.3 Å². The van der Waals surface area contributed by atoms with Crippen LogP contribution in [0.25, 0.3) is 22.6 Å². The van der Waals surface area contributed by atoms with Gasteiger partial charge in [-0.1, -0.05) is 18.2 Å². The molecule has 0 aliphatic heterocycles. The maximum atomic E-state index is 14.2. The lowest BCUT2D eigenvalue weighted by molar-refractivity contribution is -0.140. The van der Waals surface area contributed by atoms with Gasteiger partial charge in [-0.15, -0.1) is 0 Å². The van der Waals surface area contributed by atoms with Crippen LogP contribution in [0.3, 0.4) is 0 Å². The van der Waals surface area contributed by atoms with Gasteiger partial charge < -0.3 is 21.5 Å². The van der Waals surface area contributed by atoms with Gasteiger partial charge in [0.15, 0.2) is 23.1 Å². The first-order valence-electron chi connectivity index (χ1n) is 9.95. The summed E-state index contributed by atoms with van der Waals surface area (Å²) in [6, 6.07) is 7.45. The van der Waals surface area contributed by atoms with Crippen LogP contribution in [0.15, 0.2) is 36.5 Å². The molecule has 0 fully saturated rings. The van der Waals surface area contributed by atoms with Crippen LogP contribution in [0.2, 0.25) is 0 Å². The minimum Gasteiger partial charge on any atom is -0.465 e. The van der Waals surface area contributed by atoms with E-state index in [2.05, 4.69) is 25.4 Å². The number of rotatable bonds is 7. The van der Waals surface area contributed by atoms with Gasteiger partial charge in [-0.05, 0) is 19.1 Å². The molecule has 3 heterocycles. The van der Waals surface area contributed by atoms with Crippen molar-refractivity contribution in [3.05, 3.63) is 53.7 Å². The summed E-state index contributed by atoms with van der Waals surface area (Å²) in [5.74, 6) is -1.56. The predicted molar refractivity (Wildman–Crippen MR) is 118 cm³/mol. The molecule has 3 aromatic heterocycles. The van der Waals surface area contributed by atoms with Gasteiger partial charge in [-0.2, -0.15) is 5.10 Å². The van der Waals surface area contributed by atoms with Crippen LogP contribution >= 0.6 is 0 Å². The minimum absolute atomic E-state index is 0.0244. The maximum absolute atomic E-state index is 14.2. The number of hydrogen-bond acceptors (Lipinski definition) is 9. The number of esters is 1. The van der Waals surface area contributed by atoms with Gasteiger partial charge in [-0.25, -0.2) is 28.4 Å². The molecule has 4 rings (SSSR count). The van der Waals surface area contributed by atoms with Crippen molar-refractivity contribution >= 4 is 34.3 Å². The highest BCUT2D eigenvalue weighted by atomic mass is 19.1. The van der Waals surface area contributed by atoms with Crippen LogP contribution in [0, 0.1) is 11.6 Å². The Balaban J connectivity index is 1.74. The highest BCUT2D eigenvalue weighted by Gasteiger charge is 2.20. The zero-order valence-electron chi connectivity index (χ0n) is 17.5. The molecular weight excluding hydrogens is 434 g/mol. The second-order valence-electron chi connectivity index (χ2n) is 6.97. The van der Waals surface area contributed by atoms with Crippen molar-refractivity contribution in [3.8, 4) is 11.5 Å². The Morgan fingerprint density at radius 1 is 1.18 bits per heavy atom. The molecule has 1 aromatic carbocycles. The molecular formula is C21H20F2N8O2. The van der Waals surface area contributed by atoms with Gasteiger partial charge in [-0.3, -0.25) is 4.79 Å². The fraction of sp³-hybridized carbons (Fsp3) is 0.190. The predicted octanol–water partition coefficient (Wildman–Crippen LogP) is 2.35. The number of hydrogen-bond donors (Lipinski definition) is 3. The van der Waals surface area contributed by atoms with E-state index in [0.29, 0.717) is 16.6 Å². The first-order valence-corrected chi connectivity index (χ1v) is 9.95. The number of nitrogens with zero attached hydrogens (tertiary/aromatic N) is 5. The van der Waals surface area contributed by atoms with E-state index >= 15 is 0 Å². The zero-order valence-corrected chi connectivity index (χ0v) is 17.5. The van der Waals surface area contributed by atoms with Crippen molar-refractivity contribution in [1.82, 2.24) is 24.7 Å². The summed E-state index contributed by atoms with van der Waals surface area (Å²) >= 11 is 0. The van der Waals surface area contributed by atoms with Crippen molar-refractivity contribution in [2.45, 2.75) is 13.5 Å². The number of aromatic nitrogens is 5. The fourth-order valence-corrected chi connectivity index (χ4v) is 3.25. The molecule has 10 nitrogen and oxygen atoms in total. The molecule has 170 valence electrons. The Bertz CT molecular complexity index is 1320. The van der Waals surface area contributed by atoms with Crippen molar-refractivity contribution in [2.24, 2.45) is 0 Å². The third kappa shape index (κ3) is 4.49. The molecule has 0 unspecified atom stereocenters. The average molecular weight is 454 g/mol. The molecule has 33 heavy (non-hydrogen) atoms. The quantitative estimate of drug-likeness (QED) is 0.358. The molecule has 0 radical (unpaired) electrons. The van der Waals surface area contributed by atoms with Gasteiger partial charge in [0.2, 0.25) is 0 Å². The summed E-state index contributed by atoms with van der Waals surface area (Å²) in [7, 11) is 0. The van der Waals surface area contributed by atoms with E-state index in [1.54, 1.807) is 25.1 Å². The first-order chi connectivity index (χ1) is 15.9. The number of nitrogen functional groups attached to an aromatic ring is 2. The van der Waals surface area contributed by atoms with Crippen LogP contribution < -0.4 is 16.8 Å². The number of carbonyl (C=O) groups is 1. The Hall–Kier alpha value is -4.35. The molecule has 0 spiro atoms. The molecule has 12 heteroatoms. The number of benzene rings is 1. The summed E-state index contributed by atoms with van der Waals surface area (Å²) in [6.07, 6.45) is 1.04. The third-order valence-electron chi connectivity index (χ3n) is 4.72. The number of halogens is 2. The molecule has 4 aromatic rings. The number of carbonyl (C=O) groups excluding carboxylic acids is 1. The summed E-state index contributed by atoms with van der Waals surface area (Å²) < 4.78 is 34.4. The fourth-order valence-electron chi connectivity index (χ4n) is 3.25. The normalized spacial score (nSPS) is 11.0. The average Bonchev–Trinajstić information content (AvgIpc) is 3.12.